The molecule has 2 N–H and O–H groups in total. The van der Waals surface area contributed by atoms with Gasteiger partial charge in [0.2, 0.25) is 0 Å². The molecule has 17 heavy (non-hydrogen) atoms. The first-order chi connectivity index (χ1) is 8.16. The van der Waals surface area contributed by atoms with Crippen molar-refractivity contribution < 1.29 is 15.0 Å². The average Bonchev–Trinajstić information content (AvgIpc) is 2.30. The summed E-state index contributed by atoms with van der Waals surface area (Å²) < 4.78 is 0. The van der Waals surface area contributed by atoms with Crippen LogP contribution in [0.4, 0.5) is 0 Å². The zero-order valence-corrected chi connectivity index (χ0v) is 11.2. The van der Waals surface area contributed by atoms with Gasteiger partial charge in [-0.25, -0.2) is 0 Å². The lowest BCUT2D eigenvalue weighted by molar-refractivity contribution is -0.137. The minimum Gasteiger partial charge on any atom is -0.481 e. The highest BCUT2D eigenvalue weighted by Crippen LogP contribution is 2.12. The van der Waals surface area contributed by atoms with Crippen molar-refractivity contribution in [2.24, 2.45) is 0 Å². The molecule has 0 aliphatic heterocycles. The molecule has 0 aliphatic rings. The summed E-state index contributed by atoms with van der Waals surface area (Å²) in [5.41, 5.74) is 0. The normalized spacial score (nSPS) is 12.6. The molecule has 0 saturated carbocycles. The molecule has 3 nitrogen and oxygen atoms in total. The highest BCUT2D eigenvalue weighted by Gasteiger charge is 2.00. The van der Waals surface area contributed by atoms with Crippen LogP contribution in [0.1, 0.15) is 77.6 Å². The Morgan fingerprint density at radius 3 is 1.88 bits per heavy atom. The van der Waals surface area contributed by atoms with Crippen molar-refractivity contribution in [3.63, 3.8) is 0 Å². The molecular weight excluding hydrogens is 216 g/mol. The van der Waals surface area contributed by atoms with E-state index in [9.17, 15) is 9.90 Å². The SMILES string of the molecule is CC[C@H](O)CCCCCCCCCCC(=O)O. The van der Waals surface area contributed by atoms with E-state index in [0.717, 1.165) is 38.5 Å². The topological polar surface area (TPSA) is 57.5 Å². The van der Waals surface area contributed by atoms with Gasteiger partial charge in [-0.1, -0.05) is 51.9 Å². The molecule has 0 amide bonds. The van der Waals surface area contributed by atoms with E-state index in [1.54, 1.807) is 0 Å². The van der Waals surface area contributed by atoms with Crippen LogP contribution >= 0.6 is 0 Å². The lowest BCUT2D eigenvalue weighted by Crippen LogP contribution is -2.03. The quantitative estimate of drug-likeness (QED) is 0.514. The van der Waals surface area contributed by atoms with Crippen LogP contribution in [0.2, 0.25) is 0 Å². The van der Waals surface area contributed by atoms with Gasteiger partial charge in [0.05, 0.1) is 6.10 Å². The number of aliphatic carboxylic acids is 1. The van der Waals surface area contributed by atoms with Gasteiger partial charge in [-0.2, -0.15) is 0 Å². The second kappa shape index (κ2) is 11.9. The molecule has 0 spiro atoms. The lowest BCUT2D eigenvalue weighted by atomic mass is 10.0. The molecule has 1 atom stereocenters. The first kappa shape index (κ1) is 16.4. The molecule has 0 aromatic carbocycles. The fraction of sp³-hybridized carbons (Fsp3) is 0.929. The molecule has 0 unspecified atom stereocenters. The fourth-order valence-corrected chi connectivity index (χ4v) is 1.92. The summed E-state index contributed by atoms with van der Waals surface area (Å²) in [5, 5.41) is 17.8. The van der Waals surface area contributed by atoms with Gasteiger partial charge >= 0.3 is 5.97 Å². The van der Waals surface area contributed by atoms with Crippen molar-refractivity contribution in [2.45, 2.75) is 83.7 Å². The number of aliphatic hydroxyl groups excluding tert-OH is 1. The van der Waals surface area contributed by atoms with Crippen LogP contribution in [0.15, 0.2) is 0 Å². The molecule has 0 aromatic heterocycles. The van der Waals surface area contributed by atoms with E-state index in [0.29, 0.717) is 6.42 Å². The minimum absolute atomic E-state index is 0.106. The molecule has 0 bridgehead atoms. The maximum Gasteiger partial charge on any atom is 0.303 e. The lowest BCUT2D eigenvalue weighted by Gasteiger charge is -2.06. The zero-order chi connectivity index (χ0) is 12.9. The van der Waals surface area contributed by atoms with Crippen molar-refractivity contribution in [2.75, 3.05) is 0 Å². The van der Waals surface area contributed by atoms with E-state index in [2.05, 4.69) is 0 Å². The first-order valence-electron chi connectivity index (χ1n) is 7.06. The van der Waals surface area contributed by atoms with Crippen molar-refractivity contribution in [3.05, 3.63) is 0 Å². The van der Waals surface area contributed by atoms with Gasteiger partial charge in [0.25, 0.3) is 0 Å². The summed E-state index contributed by atoms with van der Waals surface area (Å²) in [6.45, 7) is 2.02. The number of aliphatic hydroxyl groups is 1. The van der Waals surface area contributed by atoms with Crippen LogP contribution in [0, 0.1) is 0 Å². The fourth-order valence-electron chi connectivity index (χ4n) is 1.92. The third kappa shape index (κ3) is 13.4. The van der Waals surface area contributed by atoms with Gasteiger partial charge in [0.1, 0.15) is 0 Å². The zero-order valence-electron chi connectivity index (χ0n) is 11.2. The standard InChI is InChI=1S/C14H28O3/c1-2-13(15)11-9-7-5-3-4-6-8-10-12-14(16)17/h13,15H,2-12H2,1H3,(H,16,17)/t13-/m0/s1. The maximum atomic E-state index is 10.3. The van der Waals surface area contributed by atoms with Crippen molar-refractivity contribution in [1.82, 2.24) is 0 Å². The van der Waals surface area contributed by atoms with Crippen LogP contribution in [0.25, 0.3) is 0 Å². The molecule has 0 aromatic rings. The second-order valence-electron chi connectivity index (χ2n) is 4.82. The number of hydrogen-bond donors (Lipinski definition) is 2. The Labute approximate surface area is 105 Å². The summed E-state index contributed by atoms with van der Waals surface area (Å²) in [6.07, 6.45) is 11.1. The summed E-state index contributed by atoms with van der Waals surface area (Å²) in [6, 6.07) is 0. The van der Waals surface area contributed by atoms with Crippen LogP contribution in [0.3, 0.4) is 0 Å². The smallest absolute Gasteiger partial charge is 0.303 e. The van der Waals surface area contributed by atoms with Gasteiger partial charge in [-0.05, 0) is 19.3 Å². The third-order valence-corrected chi connectivity index (χ3v) is 3.15. The van der Waals surface area contributed by atoms with Gasteiger partial charge in [-0.15, -0.1) is 0 Å². The third-order valence-electron chi connectivity index (χ3n) is 3.15. The predicted molar refractivity (Wildman–Crippen MR) is 70.1 cm³/mol. The van der Waals surface area contributed by atoms with Crippen molar-refractivity contribution in [1.29, 1.82) is 0 Å². The van der Waals surface area contributed by atoms with Crippen LogP contribution in [-0.2, 0) is 4.79 Å². The van der Waals surface area contributed by atoms with Crippen LogP contribution in [0.5, 0.6) is 0 Å². The Morgan fingerprint density at radius 1 is 0.941 bits per heavy atom. The maximum absolute atomic E-state index is 10.3. The number of carbonyl (C=O) groups is 1. The average molecular weight is 244 g/mol. The molecule has 3 heteroatoms. The second-order valence-corrected chi connectivity index (χ2v) is 4.82. The number of hydrogen-bond acceptors (Lipinski definition) is 2. The van der Waals surface area contributed by atoms with E-state index in [1.807, 2.05) is 6.92 Å². The Bertz CT molecular complexity index is 180. The highest BCUT2D eigenvalue weighted by molar-refractivity contribution is 5.66. The van der Waals surface area contributed by atoms with Gasteiger partial charge in [-0.3, -0.25) is 4.79 Å². The first-order valence-corrected chi connectivity index (χ1v) is 7.06. The van der Waals surface area contributed by atoms with Crippen molar-refractivity contribution >= 4 is 5.97 Å². The molecule has 102 valence electrons. The summed E-state index contributed by atoms with van der Waals surface area (Å²) >= 11 is 0. The molecule has 0 radical (unpaired) electrons. The Balaban J connectivity index is 3.01. The van der Waals surface area contributed by atoms with Crippen LogP contribution in [-0.4, -0.2) is 22.3 Å². The van der Waals surface area contributed by atoms with E-state index < -0.39 is 5.97 Å². The molecule has 0 heterocycles. The van der Waals surface area contributed by atoms with E-state index in [-0.39, 0.29) is 6.10 Å². The summed E-state index contributed by atoms with van der Waals surface area (Å²) in [7, 11) is 0. The number of rotatable bonds is 12. The molecule has 0 saturated heterocycles. The van der Waals surface area contributed by atoms with Crippen LogP contribution < -0.4 is 0 Å². The van der Waals surface area contributed by atoms with Gasteiger partial charge in [0.15, 0.2) is 0 Å². The van der Waals surface area contributed by atoms with E-state index in [4.69, 9.17) is 5.11 Å². The molecule has 0 aliphatic carbocycles. The number of carboxylic acid groups (broad SMARTS) is 1. The summed E-state index contributed by atoms with van der Waals surface area (Å²) in [5.74, 6) is -0.681. The van der Waals surface area contributed by atoms with Gasteiger partial charge in [0, 0.05) is 6.42 Å². The highest BCUT2D eigenvalue weighted by atomic mass is 16.4. The summed E-state index contributed by atoms with van der Waals surface area (Å²) in [4.78, 5) is 10.3. The van der Waals surface area contributed by atoms with Crippen molar-refractivity contribution in [3.8, 4) is 0 Å². The predicted octanol–water partition coefficient (Wildman–Crippen LogP) is 3.74. The number of unbranched alkanes of at least 4 members (excludes halogenated alkanes) is 7. The molecule has 0 fully saturated rings. The molecular formula is C14H28O3. The largest absolute Gasteiger partial charge is 0.481 e. The monoisotopic (exact) mass is 244 g/mol. The Morgan fingerprint density at radius 2 is 1.41 bits per heavy atom. The molecule has 0 rings (SSSR count). The minimum atomic E-state index is -0.681. The number of carboxylic acids is 1. The Kier molecular flexibility index (Phi) is 11.5. The van der Waals surface area contributed by atoms with Gasteiger partial charge < -0.3 is 10.2 Å². The van der Waals surface area contributed by atoms with E-state index >= 15 is 0 Å². The Hall–Kier alpha value is -0.570. The van der Waals surface area contributed by atoms with E-state index in [1.165, 1.54) is 25.7 Å².